The van der Waals surface area contributed by atoms with Crippen molar-refractivity contribution in [2.45, 2.75) is 19.9 Å². The smallest absolute Gasteiger partial charge is 0.254 e. The Hall–Kier alpha value is -3.00. The van der Waals surface area contributed by atoms with E-state index in [1.807, 2.05) is 36.9 Å². The van der Waals surface area contributed by atoms with Crippen LogP contribution in [0.2, 0.25) is 0 Å². The van der Waals surface area contributed by atoms with E-state index in [1.165, 1.54) is 14.2 Å². The minimum atomic E-state index is -0.238. The lowest BCUT2D eigenvalue weighted by Gasteiger charge is -2.28. The van der Waals surface area contributed by atoms with Gasteiger partial charge in [-0.05, 0) is 30.7 Å². The lowest BCUT2D eigenvalue weighted by atomic mass is 10.1. The number of nitrogens with zero attached hydrogens (tertiary/aromatic N) is 3. The highest BCUT2D eigenvalue weighted by molar-refractivity contribution is 5.97. The summed E-state index contributed by atoms with van der Waals surface area (Å²) in [7, 11) is 6.62. The Kier molecular flexibility index (Phi) is 9.40. The van der Waals surface area contributed by atoms with Gasteiger partial charge in [0.15, 0.2) is 0 Å². The average molecular weight is 432 g/mol. The van der Waals surface area contributed by atoms with E-state index in [0.717, 1.165) is 12.1 Å². The first kappa shape index (κ1) is 24.3. The van der Waals surface area contributed by atoms with E-state index in [4.69, 9.17) is 14.2 Å². The van der Waals surface area contributed by atoms with Crippen LogP contribution in [0.5, 0.6) is 11.5 Å². The summed E-state index contributed by atoms with van der Waals surface area (Å²) in [4.78, 5) is 29.7. The molecule has 0 saturated heterocycles. The number of hydrogen-bond acceptors (Lipinski definition) is 5. The molecule has 0 unspecified atom stereocenters. The molecule has 0 fully saturated rings. The van der Waals surface area contributed by atoms with Gasteiger partial charge in [0.05, 0.1) is 27.4 Å². The molecule has 0 radical (unpaired) electrons. The number of ether oxygens (including phenoxy) is 3. The van der Waals surface area contributed by atoms with Crippen molar-refractivity contribution in [3.63, 3.8) is 0 Å². The fraction of sp³-hybridized carbons (Fsp3) is 0.478. The second-order valence-corrected chi connectivity index (χ2v) is 7.25. The van der Waals surface area contributed by atoms with Crippen LogP contribution >= 0.6 is 0 Å². The van der Waals surface area contributed by atoms with Gasteiger partial charge in [-0.2, -0.15) is 0 Å². The SMILES string of the molecule is CCCN(CC(=O)N(CCOC)Cc1cccn1C)C(=O)c1cc(OC)cc(OC)c1. The number of methoxy groups -OCH3 is 3. The maximum Gasteiger partial charge on any atom is 0.254 e. The van der Waals surface area contributed by atoms with Crippen LogP contribution in [-0.2, 0) is 23.1 Å². The van der Waals surface area contributed by atoms with E-state index in [1.54, 1.807) is 35.1 Å². The number of aromatic nitrogens is 1. The van der Waals surface area contributed by atoms with Gasteiger partial charge in [0.25, 0.3) is 5.91 Å². The molecule has 0 aliphatic heterocycles. The first-order chi connectivity index (χ1) is 14.9. The van der Waals surface area contributed by atoms with Crippen molar-refractivity contribution in [2.24, 2.45) is 7.05 Å². The van der Waals surface area contributed by atoms with E-state index in [0.29, 0.717) is 43.3 Å². The van der Waals surface area contributed by atoms with Crippen LogP contribution in [0.15, 0.2) is 36.5 Å². The van der Waals surface area contributed by atoms with E-state index < -0.39 is 0 Å². The molecule has 0 spiro atoms. The molecule has 0 saturated carbocycles. The Morgan fingerprint density at radius 2 is 1.68 bits per heavy atom. The Balaban J connectivity index is 2.21. The van der Waals surface area contributed by atoms with Crippen LogP contribution in [0.4, 0.5) is 0 Å². The molecule has 170 valence electrons. The molecular formula is C23H33N3O5. The molecule has 0 atom stereocenters. The van der Waals surface area contributed by atoms with Crippen molar-refractivity contribution < 1.29 is 23.8 Å². The van der Waals surface area contributed by atoms with Gasteiger partial charge in [0.2, 0.25) is 5.91 Å². The van der Waals surface area contributed by atoms with Gasteiger partial charge in [-0.15, -0.1) is 0 Å². The third-order valence-corrected chi connectivity index (χ3v) is 5.03. The summed E-state index contributed by atoms with van der Waals surface area (Å²) >= 11 is 0. The fourth-order valence-corrected chi connectivity index (χ4v) is 3.25. The van der Waals surface area contributed by atoms with Gasteiger partial charge in [0.1, 0.15) is 18.0 Å². The van der Waals surface area contributed by atoms with E-state index in [2.05, 4.69) is 0 Å². The topological polar surface area (TPSA) is 73.2 Å². The van der Waals surface area contributed by atoms with Crippen LogP contribution < -0.4 is 9.47 Å². The summed E-state index contributed by atoms with van der Waals surface area (Å²) < 4.78 is 17.7. The Bertz CT molecular complexity index is 842. The Morgan fingerprint density at radius 1 is 1.00 bits per heavy atom. The van der Waals surface area contributed by atoms with Gasteiger partial charge in [0, 0.05) is 50.8 Å². The number of carbonyl (C=O) groups is 2. The molecule has 0 N–H and O–H groups in total. The molecule has 2 rings (SSSR count). The van der Waals surface area contributed by atoms with Gasteiger partial charge in [-0.25, -0.2) is 0 Å². The summed E-state index contributed by atoms with van der Waals surface area (Å²) in [5.41, 5.74) is 1.43. The maximum absolute atomic E-state index is 13.2. The van der Waals surface area contributed by atoms with Gasteiger partial charge in [-0.1, -0.05) is 6.92 Å². The van der Waals surface area contributed by atoms with Crippen molar-refractivity contribution in [3.05, 3.63) is 47.8 Å². The second-order valence-electron chi connectivity index (χ2n) is 7.25. The summed E-state index contributed by atoms with van der Waals surface area (Å²) in [6, 6.07) is 8.94. The summed E-state index contributed by atoms with van der Waals surface area (Å²) in [6.45, 7) is 3.75. The second kappa shape index (κ2) is 12.0. The zero-order valence-electron chi connectivity index (χ0n) is 19.1. The molecule has 2 aromatic rings. The molecule has 0 aliphatic carbocycles. The van der Waals surface area contributed by atoms with Crippen molar-refractivity contribution in [1.82, 2.24) is 14.4 Å². The standard InChI is InChI=1S/C23H33N3O5/c1-6-9-26(23(28)18-13-20(30-4)15-21(14-18)31-5)17-22(27)25(11-12-29-3)16-19-8-7-10-24(19)2/h7-8,10,13-15H,6,9,11-12,16-17H2,1-5H3. The molecule has 8 heteroatoms. The van der Waals surface area contributed by atoms with Crippen molar-refractivity contribution >= 4 is 11.8 Å². The predicted molar refractivity (Wildman–Crippen MR) is 118 cm³/mol. The van der Waals surface area contributed by atoms with Crippen LogP contribution in [0.25, 0.3) is 0 Å². The number of amides is 2. The first-order valence-electron chi connectivity index (χ1n) is 10.3. The van der Waals surface area contributed by atoms with E-state index >= 15 is 0 Å². The number of rotatable bonds is 12. The number of benzene rings is 1. The minimum Gasteiger partial charge on any atom is -0.497 e. The highest BCUT2D eigenvalue weighted by Gasteiger charge is 2.23. The molecule has 1 aromatic carbocycles. The summed E-state index contributed by atoms with van der Waals surface area (Å²) in [5, 5.41) is 0. The van der Waals surface area contributed by atoms with Crippen molar-refractivity contribution in [3.8, 4) is 11.5 Å². The van der Waals surface area contributed by atoms with Crippen LogP contribution in [-0.4, -0.2) is 73.8 Å². The summed E-state index contributed by atoms with van der Waals surface area (Å²) in [5.74, 6) is 0.680. The number of aryl methyl sites for hydroxylation is 1. The van der Waals surface area contributed by atoms with Gasteiger partial charge < -0.3 is 28.6 Å². The molecule has 1 heterocycles. The lowest BCUT2D eigenvalue weighted by Crippen LogP contribution is -2.44. The molecule has 1 aromatic heterocycles. The lowest BCUT2D eigenvalue weighted by molar-refractivity contribution is -0.133. The minimum absolute atomic E-state index is 0.0136. The normalized spacial score (nSPS) is 10.6. The van der Waals surface area contributed by atoms with Gasteiger partial charge in [-0.3, -0.25) is 9.59 Å². The maximum atomic E-state index is 13.2. The quantitative estimate of drug-likeness (QED) is 0.516. The van der Waals surface area contributed by atoms with Crippen LogP contribution in [0.1, 0.15) is 29.4 Å². The van der Waals surface area contributed by atoms with Crippen molar-refractivity contribution in [2.75, 3.05) is 47.6 Å². The Morgan fingerprint density at radius 3 is 2.19 bits per heavy atom. The third kappa shape index (κ3) is 6.75. The predicted octanol–water partition coefficient (Wildman–Crippen LogP) is 2.57. The highest BCUT2D eigenvalue weighted by Crippen LogP contribution is 2.23. The zero-order valence-corrected chi connectivity index (χ0v) is 19.1. The molecular weight excluding hydrogens is 398 g/mol. The number of hydrogen-bond donors (Lipinski definition) is 0. The average Bonchev–Trinajstić information content (AvgIpc) is 3.19. The van der Waals surface area contributed by atoms with Crippen LogP contribution in [0, 0.1) is 0 Å². The summed E-state index contributed by atoms with van der Waals surface area (Å²) in [6.07, 6.45) is 2.67. The Labute approximate surface area is 184 Å². The van der Waals surface area contributed by atoms with E-state index in [9.17, 15) is 9.59 Å². The van der Waals surface area contributed by atoms with Crippen LogP contribution in [0.3, 0.4) is 0 Å². The first-order valence-corrected chi connectivity index (χ1v) is 10.3. The van der Waals surface area contributed by atoms with Crippen molar-refractivity contribution in [1.29, 1.82) is 0 Å². The zero-order chi connectivity index (χ0) is 22.8. The molecule has 2 amide bonds. The third-order valence-electron chi connectivity index (χ3n) is 5.03. The van der Waals surface area contributed by atoms with Gasteiger partial charge >= 0.3 is 0 Å². The largest absolute Gasteiger partial charge is 0.497 e. The highest BCUT2D eigenvalue weighted by atomic mass is 16.5. The fourth-order valence-electron chi connectivity index (χ4n) is 3.25. The molecule has 0 aliphatic rings. The monoisotopic (exact) mass is 431 g/mol. The number of carbonyl (C=O) groups excluding carboxylic acids is 2. The molecule has 0 bridgehead atoms. The molecule has 8 nitrogen and oxygen atoms in total. The van der Waals surface area contributed by atoms with E-state index in [-0.39, 0.29) is 18.4 Å². The molecule has 31 heavy (non-hydrogen) atoms.